The van der Waals surface area contributed by atoms with Gasteiger partial charge in [0.2, 0.25) is 0 Å². The van der Waals surface area contributed by atoms with Crippen LogP contribution in [0.25, 0.3) is 10.8 Å². The zero-order valence-corrected chi connectivity index (χ0v) is 11.5. The van der Waals surface area contributed by atoms with Crippen LogP contribution in [-0.2, 0) is 15.3 Å². The maximum atomic E-state index is 11.4. The van der Waals surface area contributed by atoms with E-state index in [4.69, 9.17) is 9.79 Å². The van der Waals surface area contributed by atoms with Crippen LogP contribution in [0.3, 0.4) is 0 Å². The summed E-state index contributed by atoms with van der Waals surface area (Å²) in [5.74, 6) is 0. The van der Waals surface area contributed by atoms with Crippen LogP contribution in [0.2, 0.25) is 0 Å². The van der Waals surface area contributed by atoms with E-state index in [-0.39, 0.29) is 5.30 Å². The Morgan fingerprint density at radius 3 is 1.95 bits per heavy atom. The monoisotopic (exact) mass is 302 g/mol. The zero-order chi connectivity index (χ0) is 14.3. The van der Waals surface area contributed by atoms with Crippen molar-refractivity contribution >= 4 is 31.3 Å². The number of fused-ring (bicyclic) bond motifs is 1. The molecule has 0 aromatic heterocycles. The van der Waals surface area contributed by atoms with Gasteiger partial charge in [-0.2, -0.15) is 0 Å². The summed E-state index contributed by atoms with van der Waals surface area (Å²) in [5.41, 5.74) is 0.362. The molecule has 0 saturated carbocycles. The van der Waals surface area contributed by atoms with Gasteiger partial charge in [0.1, 0.15) is 0 Å². The first kappa shape index (κ1) is 14.4. The molecular formula is C11H12O6P2. The first-order valence-corrected chi connectivity index (χ1v) is 8.71. The third kappa shape index (κ3) is 3.31. The maximum Gasteiger partial charge on any atom is 0.356 e. The molecule has 2 aromatic carbocycles. The maximum absolute atomic E-state index is 11.4. The molecule has 2 rings (SSSR count). The van der Waals surface area contributed by atoms with Crippen molar-refractivity contribution in [1.29, 1.82) is 0 Å². The molecule has 0 atom stereocenters. The zero-order valence-electron chi connectivity index (χ0n) is 9.67. The summed E-state index contributed by atoms with van der Waals surface area (Å²) in [7, 11) is -8.67. The second-order valence-corrected chi connectivity index (χ2v) is 7.37. The molecular weight excluding hydrogens is 290 g/mol. The molecule has 0 aliphatic rings. The molecule has 0 aliphatic carbocycles. The van der Waals surface area contributed by atoms with Crippen molar-refractivity contribution in [3.05, 3.63) is 42.0 Å². The molecule has 19 heavy (non-hydrogen) atoms. The molecule has 0 aliphatic heterocycles. The highest BCUT2D eigenvalue weighted by Crippen LogP contribution is 2.42. The topological polar surface area (TPSA) is 115 Å². The quantitative estimate of drug-likeness (QED) is 0.636. The van der Waals surface area contributed by atoms with Crippen molar-refractivity contribution < 1.29 is 28.7 Å². The molecule has 0 heterocycles. The van der Waals surface area contributed by atoms with Gasteiger partial charge in [0.15, 0.2) is 0 Å². The molecule has 102 valence electrons. The highest BCUT2D eigenvalue weighted by molar-refractivity contribution is 7.60. The van der Waals surface area contributed by atoms with E-state index in [1.54, 1.807) is 18.2 Å². The first-order valence-electron chi connectivity index (χ1n) is 5.30. The van der Waals surface area contributed by atoms with E-state index in [0.29, 0.717) is 16.3 Å². The molecule has 6 nitrogen and oxygen atoms in total. The van der Waals surface area contributed by atoms with Gasteiger partial charge in [0.25, 0.3) is 0 Å². The highest BCUT2D eigenvalue weighted by atomic mass is 31.2. The molecule has 0 spiro atoms. The van der Waals surface area contributed by atoms with Gasteiger partial charge in [0, 0.05) is 0 Å². The molecule has 0 saturated heterocycles. The average molecular weight is 302 g/mol. The Kier molecular flexibility index (Phi) is 3.67. The van der Waals surface area contributed by atoms with Gasteiger partial charge in [0.05, 0.1) is 11.5 Å². The number of hydrogen-bond donors (Lipinski definition) is 4. The number of rotatable bonds is 3. The molecule has 0 fully saturated rings. The van der Waals surface area contributed by atoms with Crippen molar-refractivity contribution in [2.45, 2.75) is 6.16 Å². The third-order valence-corrected chi connectivity index (χ3v) is 4.45. The predicted octanol–water partition coefficient (Wildman–Crippen LogP) is 1.32. The van der Waals surface area contributed by atoms with Crippen LogP contribution in [0.15, 0.2) is 36.4 Å². The Balaban J connectivity index is 2.72. The summed E-state index contributed by atoms with van der Waals surface area (Å²) >= 11 is 0. The van der Waals surface area contributed by atoms with Crippen LogP contribution >= 0.6 is 15.2 Å². The Morgan fingerprint density at radius 2 is 1.42 bits per heavy atom. The van der Waals surface area contributed by atoms with Crippen LogP contribution in [0, 0.1) is 0 Å². The van der Waals surface area contributed by atoms with Gasteiger partial charge in [-0.05, 0) is 22.4 Å². The van der Waals surface area contributed by atoms with E-state index in [1.807, 2.05) is 0 Å². The van der Waals surface area contributed by atoms with E-state index in [1.165, 1.54) is 18.2 Å². The normalized spacial score (nSPS) is 12.8. The van der Waals surface area contributed by atoms with E-state index >= 15 is 0 Å². The predicted molar refractivity (Wildman–Crippen MR) is 71.4 cm³/mol. The lowest BCUT2D eigenvalue weighted by molar-refractivity contribution is 0.371. The van der Waals surface area contributed by atoms with Gasteiger partial charge in [-0.15, -0.1) is 0 Å². The Labute approximate surface area is 109 Å². The van der Waals surface area contributed by atoms with E-state index in [2.05, 4.69) is 0 Å². The van der Waals surface area contributed by atoms with Gasteiger partial charge in [-0.3, -0.25) is 9.13 Å². The van der Waals surface area contributed by atoms with Gasteiger partial charge in [-0.25, -0.2) is 0 Å². The number of benzene rings is 2. The first-order chi connectivity index (χ1) is 8.68. The molecule has 8 heteroatoms. The Hall–Kier alpha value is -1.00. The summed E-state index contributed by atoms with van der Waals surface area (Å²) in [5, 5.41) is 0.603. The minimum Gasteiger partial charge on any atom is -0.324 e. The summed E-state index contributed by atoms with van der Waals surface area (Å²) < 4.78 is 22.5. The average Bonchev–Trinajstić information content (AvgIpc) is 2.25. The van der Waals surface area contributed by atoms with E-state index in [9.17, 15) is 18.9 Å². The molecule has 0 radical (unpaired) electrons. The van der Waals surface area contributed by atoms with Crippen LogP contribution < -0.4 is 5.30 Å². The number of hydrogen-bond acceptors (Lipinski definition) is 2. The van der Waals surface area contributed by atoms with E-state index < -0.39 is 21.4 Å². The van der Waals surface area contributed by atoms with Crippen LogP contribution in [-0.4, -0.2) is 19.6 Å². The summed E-state index contributed by atoms with van der Waals surface area (Å²) in [6.45, 7) is 0. The van der Waals surface area contributed by atoms with Crippen molar-refractivity contribution in [1.82, 2.24) is 0 Å². The van der Waals surface area contributed by atoms with Gasteiger partial charge >= 0.3 is 15.2 Å². The molecule has 2 aromatic rings. The fourth-order valence-electron chi connectivity index (χ4n) is 1.96. The third-order valence-electron chi connectivity index (χ3n) is 2.68. The minimum absolute atomic E-state index is 0.141. The fraction of sp³-hybridized carbons (Fsp3) is 0.0909. The lowest BCUT2D eigenvalue weighted by atomic mass is 10.1. The second-order valence-electron chi connectivity index (χ2n) is 4.16. The van der Waals surface area contributed by atoms with Crippen LogP contribution in [0.1, 0.15) is 5.56 Å². The Morgan fingerprint density at radius 1 is 0.842 bits per heavy atom. The molecule has 0 unspecified atom stereocenters. The lowest BCUT2D eigenvalue weighted by Crippen LogP contribution is -2.06. The largest absolute Gasteiger partial charge is 0.356 e. The summed E-state index contributed by atoms with van der Waals surface area (Å²) in [6.07, 6.45) is -0.463. The fourth-order valence-corrected chi connectivity index (χ4v) is 3.46. The molecule has 4 N–H and O–H groups in total. The van der Waals surface area contributed by atoms with Crippen LogP contribution in [0.5, 0.6) is 0 Å². The standard InChI is InChI=1S/C11H12O6P2/c12-18(13,14)7-8-5-6-11(19(15,16)17)10-4-2-1-3-9(8)10/h1-6H,7H2,(H2,12,13,14)(H2,15,16,17). The Bertz CT molecular complexity index is 714. The van der Waals surface area contributed by atoms with Gasteiger partial charge < -0.3 is 19.6 Å². The smallest absolute Gasteiger partial charge is 0.324 e. The summed E-state index contributed by atoms with van der Waals surface area (Å²) in [4.78, 5) is 36.6. The highest BCUT2D eigenvalue weighted by Gasteiger charge is 2.23. The van der Waals surface area contributed by atoms with Crippen LogP contribution in [0.4, 0.5) is 0 Å². The van der Waals surface area contributed by atoms with Crippen molar-refractivity contribution in [2.24, 2.45) is 0 Å². The lowest BCUT2D eigenvalue weighted by Gasteiger charge is -2.12. The molecule has 0 bridgehead atoms. The van der Waals surface area contributed by atoms with Crippen molar-refractivity contribution in [3.63, 3.8) is 0 Å². The van der Waals surface area contributed by atoms with Crippen molar-refractivity contribution in [3.8, 4) is 0 Å². The molecule has 0 amide bonds. The second kappa shape index (κ2) is 4.84. The SMILES string of the molecule is O=P(O)(O)Cc1ccc(P(=O)(O)O)c2ccccc12. The van der Waals surface area contributed by atoms with E-state index in [0.717, 1.165) is 0 Å². The summed E-state index contributed by atoms with van der Waals surface area (Å²) in [6, 6.07) is 8.92. The van der Waals surface area contributed by atoms with Gasteiger partial charge in [-0.1, -0.05) is 30.3 Å². The van der Waals surface area contributed by atoms with Crippen molar-refractivity contribution in [2.75, 3.05) is 0 Å². The minimum atomic E-state index is -4.43.